The van der Waals surface area contributed by atoms with E-state index in [1.54, 1.807) is 30.3 Å². The van der Waals surface area contributed by atoms with Gasteiger partial charge in [0.25, 0.3) is 5.91 Å². The first-order valence-corrected chi connectivity index (χ1v) is 7.54. The van der Waals surface area contributed by atoms with E-state index in [0.717, 1.165) is 5.39 Å². The summed E-state index contributed by atoms with van der Waals surface area (Å²) in [5.41, 5.74) is 5.02. The lowest BCUT2D eigenvalue weighted by Gasteiger charge is -2.15. The number of halogens is 1. The maximum atomic E-state index is 13.5. The first kappa shape index (κ1) is 16.5. The second-order valence-electron chi connectivity index (χ2n) is 5.28. The van der Waals surface area contributed by atoms with Crippen molar-refractivity contribution < 1.29 is 23.1 Å². The van der Waals surface area contributed by atoms with E-state index >= 15 is 0 Å². The molecule has 1 aromatic heterocycles. The van der Waals surface area contributed by atoms with Crippen molar-refractivity contribution >= 4 is 22.8 Å². The molecule has 7 heteroatoms. The second kappa shape index (κ2) is 7.04. The average molecular weight is 342 g/mol. The highest BCUT2D eigenvalue weighted by atomic mass is 19.1. The molecule has 1 atom stereocenters. The van der Waals surface area contributed by atoms with Gasteiger partial charge in [-0.3, -0.25) is 20.4 Å². The van der Waals surface area contributed by atoms with Crippen LogP contribution in [0.5, 0.6) is 5.75 Å². The molecule has 3 rings (SSSR count). The predicted molar refractivity (Wildman–Crippen MR) is 88.3 cm³/mol. The molecule has 0 saturated carbocycles. The summed E-state index contributed by atoms with van der Waals surface area (Å²) in [7, 11) is 0. The van der Waals surface area contributed by atoms with Crippen LogP contribution in [0.3, 0.4) is 0 Å². The minimum Gasteiger partial charge on any atom is -0.478 e. The van der Waals surface area contributed by atoms with Crippen molar-refractivity contribution in [3.05, 3.63) is 66.2 Å². The number of hydrazine groups is 1. The van der Waals surface area contributed by atoms with Crippen molar-refractivity contribution in [2.45, 2.75) is 13.0 Å². The summed E-state index contributed by atoms with van der Waals surface area (Å²) in [4.78, 5) is 24.0. The third-order valence-electron chi connectivity index (χ3n) is 3.46. The highest BCUT2D eigenvalue weighted by molar-refractivity contribution is 5.97. The Morgan fingerprint density at radius 2 is 1.80 bits per heavy atom. The molecule has 0 saturated heterocycles. The number of benzene rings is 2. The SMILES string of the molecule is C[C@@H](Oc1ccccc1F)C(=O)NNC(=O)c1cc2ccccc2o1. The minimum absolute atomic E-state index is 0.0474. The summed E-state index contributed by atoms with van der Waals surface area (Å²) in [6.45, 7) is 1.44. The molecule has 0 fully saturated rings. The maximum absolute atomic E-state index is 13.5. The number of amides is 2. The molecule has 128 valence electrons. The molecule has 2 amide bonds. The second-order valence-corrected chi connectivity index (χ2v) is 5.28. The van der Waals surface area contributed by atoms with E-state index in [-0.39, 0.29) is 11.5 Å². The predicted octanol–water partition coefficient (Wildman–Crippen LogP) is 2.80. The van der Waals surface area contributed by atoms with Crippen molar-refractivity contribution in [2.75, 3.05) is 0 Å². The number of nitrogens with one attached hydrogen (secondary N) is 2. The summed E-state index contributed by atoms with van der Waals surface area (Å²) in [5, 5.41) is 0.773. The fraction of sp³-hybridized carbons (Fsp3) is 0.111. The number of carbonyl (C=O) groups is 2. The van der Waals surface area contributed by atoms with Crippen LogP contribution < -0.4 is 15.6 Å². The first-order valence-electron chi connectivity index (χ1n) is 7.54. The van der Waals surface area contributed by atoms with Crippen molar-refractivity contribution in [1.29, 1.82) is 0 Å². The molecule has 0 spiro atoms. The van der Waals surface area contributed by atoms with Crippen LogP contribution in [0.1, 0.15) is 17.5 Å². The van der Waals surface area contributed by atoms with Gasteiger partial charge in [-0.25, -0.2) is 4.39 Å². The third-order valence-corrected chi connectivity index (χ3v) is 3.46. The number of hydrogen-bond donors (Lipinski definition) is 2. The van der Waals surface area contributed by atoms with Gasteiger partial charge in [-0.2, -0.15) is 0 Å². The molecule has 0 aliphatic heterocycles. The van der Waals surface area contributed by atoms with Crippen LogP contribution >= 0.6 is 0 Å². The molecule has 25 heavy (non-hydrogen) atoms. The Kier molecular flexibility index (Phi) is 4.65. The van der Waals surface area contributed by atoms with E-state index in [1.165, 1.54) is 25.1 Å². The zero-order valence-corrected chi connectivity index (χ0v) is 13.3. The monoisotopic (exact) mass is 342 g/mol. The van der Waals surface area contributed by atoms with E-state index < -0.39 is 23.7 Å². The van der Waals surface area contributed by atoms with Crippen LogP contribution in [-0.4, -0.2) is 17.9 Å². The number of hydrogen-bond acceptors (Lipinski definition) is 4. The molecule has 0 aliphatic carbocycles. The highest BCUT2D eigenvalue weighted by Gasteiger charge is 2.18. The van der Waals surface area contributed by atoms with Gasteiger partial charge in [0.05, 0.1) is 0 Å². The highest BCUT2D eigenvalue weighted by Crippen LogP contribution is 2.19. The molecule has 6 nitrogen and oxygen atoms in total. The molecule has 2 N–H and O–H groups in total. The van der Waals surface area contributed by atoms with Gasteiger partial charge >= 0.3 is 5.91 Å². The third kappa shape index (κ3) is 3.77. The lowest BCUT2D eigenvalue weighted by Crippen LogP contribution is -2.47. The summed E-state index contributed by atoms with van der Waals surface area (Å²) in [5.74, 6) is -1.80. The van der Waals surface area contributed by atoms with Gasteiger partial charge in [0.15, 0.2) is 23.4 Å². The first-order chi connectivity index (χ1) is 12.0. The van der Waals surface area contributed by atoms with Crippen LogP contribution in [0.2, 0.25) is 0 Å². The Hall–Kier alpha value is -3.35. The van der Waals surface area contributed by atoms with E-state index in [9.17, 15) is 14.0 Å². The van der Waals surface area contributed by atoms with E-state index in [1.807, 2.05) is 6.07 Å². The van der Waals surface area contributed by atoms with Crippen molar-refractivity contribution in [1.82, 2.24) is 10.9 Å². The molecule has 1 heterocycles. The van der Waals surface area contributed by atoms with Gasteiger partial charge in [-0.15, -0.1) is 0 Å². The smallest absolute Gasteiger partial charge is 0.305 e. The van der Waals surface area contributed by atoms with Crippen LogP contribution in [0.15, 0.2) is 59.0 Å². The van der Waals surface area contributed by atoms with Crippen molar-refractivity contribution in [3.8, 4) is 5.75 Å². The largest absolute Gasteiger partial charge is 0.478 e. The number of ether oxygens (including phenoxy) is 1. The van der Waals surface area contributed by atoms with Crippen LogP contribution in [0.25, 0.3) is 11.0 Å². The maximum Gasteiger partial charge on any atom is 0.305 e. The number of furan rings is 1. The normalized spacial score (nSPS) is 11.8. The van der Waals surface area contributed by atoms with Gasteiger partial charge in [0.1, 0.15) is 5.58 Å². The molecule has 0 unspecified atom stereocenters. The standard InChI is InChI=1S/C18H15FN2O4/c1-11(24-15-9-5-3-7-13(15)19)17(22)20-21-18(23)16-10-12-6-2-4-8-14(12)25-16/h2-11H,1H3,(H,20,22)(H,21,23)/t11-/m1/s1. The lowest BCUT2D eigenvalue weighted by atomic mass is 10.2. The van der Waals surface area contributed by atoms with Crippen molar-refractivity contribution in [2.24, 2.45) is 0 Å². The Labute approximate surface area is 142 Å². The number of carbonyl (C=O) groups excluding carboxylic acids is 2. The van der Waals surface area contributed by atoms with Crippen LogP contribution in [0.4, 0.5) is 4.39 Å². The Morgan fingerprint density at radius 1 is 1.08 bits per heavy atom. The summed E-state index contributed by atoms with van der Waals surface area (Å²) >= 11 is 0. The number of fused-ring (bicyclic) bond motifs is 1. The number of para-hydroxylation sites is 2. The molecule has 3 aromatic rings. The summed E-state index contributed by atoms with van der Waals surface area (Å²) < 4.78 is 24.1. The van der Waals surface area contributed by atoms with Crippen LogP contribution in [-0.2, 0) is 4.79 Å². The molecule has 0 radical (unpaired) electrons. The Morgan fingerprint density at radius 3 is 2.56 bits per heavy atom. The fourth-order valence-electron chi connectivity index (χ4n) is 2.16. The zero-order chi connectivity index (χ0) is 17.8. The Bertz CT molecular complexity index is 889. The van der Waals surface area contributed by atoms with Gasteiger partial charge in [0, 0.05) is 5.39 Å². The van der Waals surface area contributed by atoms with E-state index in [2.05, 4.69) is 10.9 Å². The van der Waals surface area contributed by atoms with Crippen molar-refractivity contribution in [3.63, 3.8) is 0 Å². The fourth-order valence-corrected chi connectivity index (χ4v) is 2.16. The molecule has 2 aromatic carbocycles. The molecular weight excluding hydrogens is 327 g/mol. The lowest BCUT2D eigenvalue weighted by molar-refractivity contribution is -0.128. The van der Waals surface area contributed by atoms with Gasteiger partial charge < -0.3 is 9.15 Å². The summed E-state index contributed by atoms with van der Waals surface area (Å²) in [6.07, 6.45) is -1.01. The summed E-state index contributed by atoms with van der Waals surface area (Å²) in [6, 6.07) is 14.5. The topological polar surface area (TPSA) is 80.6 Å². The Balaban J connectivity index is 1.57. The van der Waals surface area contributed by atoms with Gasteiger partial charge in [0.2, 0.25) is 0 Å². The van der Waals surface area contributed by atoms with Gasteiger partial charge in [-0.1, -0.05) is 30.3 Å². The zero-order valence-electron chi connectivity index (χ0n) is 13.3. The number of rotatable bonds is 4. The van der Waals surface area contributed by atoms with Crippen LogP contribution in [0, 0.1) is 5.82 Å². The van der Waals surface area contributed by atoms with Gasteiger partial charge in [-0.05, 0) is 31.2 Å². The average Bonchev–Trinajstić information content (AvgIpc) is 3.05. The molecule has 0 bridgehead atoms. The quantitative estimate of drug-likeness (QED) is 0.715. The molecular formula is C18H15FN2O4. The van der Waals surface area contributed by atoms with E-state index in [4.69, 9.17) is 9.15 Å². The minimum atomic E-state index is -1.01. The van der Waals surface area contributed by atoms with E-state index in [0.29, 0.717) is 5.58 Å². The molecule has 0 aliphatic rings.